The fourth-order valence-corrected chi connectivity index (χ4v) is 8.32. The van der Waals surface area contributed by atoms with Crippen LogP contribution in [0.25, 0.3) is 6.08 Å². The molecule has 39 heavy (non-hydrogen) atoms. The molecule has 6 nitrogen and oxygen atoms in total. The summed E-state index contributed by atoms with van der Waals surface area (Å²) in [5.41, 5.74) is 2.66. The van der Waals surface area contributed by atoms with Gasteiger partial charge in [0.25, 0.3) is 5.56 Å². The second kappa shape index (κ2) is 12.2. The van der Waals surface area contributed by atoms with Crippen LogP contribution in [0.2, 0.25) is 5.02 Å². The predicted octanol–water partition coefficient (Wildman–Crippen LogP) is 6.30. The number of benzene rings is 2. The molecule has 0 saturated carbocycles. The summed E-state index contributed by atoms with van der Waals surface area (Å²) in [6.45, 7) is 4.22. The van der Waals surface area contributed by atoms with Gasteiger partial charge in [-0.25, -0.2) is 9.79 Å². The molecule has 2 aromatic carbocycles. The van der Waals surface area contributed by atoms with Crippen LogP contribution in [-0.4, -0.2) is 17.1 Å². The highest BCUT2D eigenvalue weighted by Crippen LogP contribution is 2.33. The van der Waals surface area contributed by atoms with Gasteiger partial charge in [-0.15, -0.1) is 11.3 Å². The third-order valence-electron chi connectivity index (χ3n) is 5.94. The molecule has 5 rings (SSSR count). The largest absolute Gasteiger partial charge is 0.487 e. The van der Waals surface area contributed by atoms with Crippen LogP contribution >= 0.6 is 79.5 Å². The molecule has 0 fully saturated rings. The van der Waals surface area contributed by atoms with Crippen molar-refractivity contribution >= 4 is 91.5 Å². The van der Waals surface area contributed by atoms with Gasteiger partial charge in [0, 0.05) is 9.90 Å². The van der Waals surface area contributed by atoms with Gasteiger partial charge in [-0.1, -0.05) is 41.1 Å². The maximum Gasteiger partial charge on any atom is 0.338 e. The van der Waals surface area contributed by atoms with E-state index in [1.165, 1.54) is 22.7 Å². The molecule has 0 saturated heterocycles. The maximum absolute atomic E-state index is 13.8. The molecule has 0 spiro atoms. The van der Waals surface area contributed by atoms with E-state index in [2.05, 4.69) is 50.2 Å². The molecule has 0 N–H and O–H groups in total. The number of rotatable bonds is 7. The number of esters is 1. The average molecular weight is 803 g/mol. The summed E-state index contributed by atoms with van der Waals surface area (Å²) in [4.78, 5) is 32.7. The SMILES string of the molecule is CCOC(=O)C1=C(C)N=c2s/c(=C\c3cc(I)c(OCc4ccc(Cl)cc4)c(I)c3)c(=O)n2[C@@H]1c1cccs1. The molecule has 1 atom stereocenters. The Morgan fingerprint density at radius 1 is 1.18 bits per heavy atom. The molecule has 0 radical (unpaired) electrons. The Labute approximate surface area is 264 Å². The number of hydrogen-bond donors (Lipinski definition) is 0. The fraction of sp³-hybridized carbons (Fsp3) is 0.179. The first kappa shape index (κ1) is 28.5. The minimum absolute atomic E-state index is 0.195. The number of allylic oxidation sites excluding steroid dienone is 1. The molecule has 0 aliphatic carbocycles. The zero-order valence-electron chi connectivity index (χ0n) is 20.7. The van der Waals surface area contributed by atoms with Crippen molar-refractivity contribution in [3.8, 4) is 5.75 Å². The third kappa shape index (κ3) is 6.04. The monoisotopic (exact) mass is 802 g/mol. The highest BCUT2D eigenvalue weighted by molar-refractivity contribution is 14.1. The van der Waals surface area contributed by atoms with E-state index < -0.39 is 12.0 Å². The molecular formula is C28H21ClI2N2O4S2. The number of thiazole rings is 1. The van der Waals surface area contributed by atoms with Crippen LogP contribution in [0.5, 0.6) is 5.75 Å². The number of carbonyl (C=O) groups excluding carboxylic acids is 1. The van der Waals surface area contributed by atoms with Crippen LogP contribution in [0, 0.1) is 7.14 Å². The smallest absolute Gasteiger partial charge is 0.338 e. The highest BCUT2D eigenvalue weighted by Gasteiger charge is 2.33. The molecule has 200 valence electrons. The summed E-state index contributed by atoms with van der Waals surface area (Å²) in [6, 6.07) is 14.8. The van der Waals surface area contributed by atoms with E-state index in [0.29, 0.717) is 32.2 Å². The van der Waals surface area contributed by atoms with Crippen LogP contribution in [-0.2, 0) is 16.1 Å². The Kier molecular flexibility index (Phi) is 8.96. The van der Waals surface area contributed by atoms with Gasteiger partial charge in [-0.3, -0.25) is 9.36 Å². The predicted molar refractivity (Wildman–Crippen MR) is 172 cm³/mol. The number of fused-ring (bicyclic) bond motifs is 1. The van der Waals surface area contributed by atoms with Gasteiger partial charge in [0.1, 0.15) is 18.4 Å². The lowest BCUT2D eigenvalue weighted by atomic mass is 10.0. The molecule has 0 unspecified atom stereocenters. The van der Waals surface area contributed by atoms with Gasteiger partial charge in [0.15, 0.2) is 4.80 Å². The van der Waals surface area contributed by atoms with Crippen LogP contribution in [0.15, 0.2) is 75.0 Å². The zero-order chi connectivity index (χ0) is 27.7. The summed E-state index contributed by atoms with van der Waals surface area (Å²) in [6.07, 6.45) is 1.87. The van der Waals surface area contributed by atoms with Crippen molar-refractivity contribution in [1.82, 2.24) is 4.57 Å². The molecule has 1 aliphatic rings. The topological polar surface area (TPSA) is 69.9 Å². The van der Waals surface area contributed by atoms with Crippen molar-refractivity contribution in [2.45, 2.75) is 26.5 Å². The molecule has 0 amide bonds. The van der Waals surface area contributed by atoms with Gasteiger partial charge in [0.05, 0.1) is 29.5 Å². The van der Waals surface area contributed by atoms with Crippen LogP contribution < -0.4 is 19.6 Å². The summed E-state index contributed by atoms with van der Waals surface area (Å²) in [7, 11) is 0. The Hall–Kier alpha value is -2.00. The maximum atomic E-state index is 13.8. The van der Waals surface area contributed by atoms with Crippen molar-refractivity contribution < 1.29 is 14.3 Å². The van der Waals surface area contributed by atoms with Gasteiger partial charge in [-0.2, -0.15) is 0 Å². The van der Waals surface area contributed by atoms with Gasteiger partial charge < -0.3 is 9.47 Å². The number of ether oxygens (including phenoxy) is 2. The van der Waals surface area contributed by atoms with Crippen LogP contribution in [0.4, 0.5) is 0 Å². The number of carbonyl (C=O) groups is 1. The van der Waals surface area contributed by atoms with E-state index >= 15 is 0 Å². The first-order chi connectivity index (χ1) is 18.8. The van der Waals surface area contributed by atoms with Crippen LogP contribution in [0.3, 0.4) is 0 Å². The molecule has 1 aliphatic heterocycles. The van der Waals surface area contributed by atoms with Gasteiger partial charge >= 0.3 is 5.97 Å². The van der Waals surface area contributed by atoms with E-state index in [1.807, 2.05) is 60.0 Å². The number of thiophene rings is 1. The van der Waals surface area contributed by atoms with Crippen LogP contribution in [0.1, 0.15) is 35.9 Å². The second-order valence-electron chi connectivity index (χ2n) is 8.55. The summed E-state index contributed by atoms with van der Waals surface area (Å²) in [5, 5.41) is 2.62. The third-order valence-corrected chi connectivity index (χ3v) is 9.71. The minimum Gasteiger partial charge on any atom is -0.487 e. The summed E-state index contributed by atoms with van der Waals surface area (Å²) < 4.78 is 15.5. The Morgan fingerprint density at radius 3 is 2.54 bits per heavy atom. The number of nitrogens with zero attached hydrogens (tertiary/aromatic N) is 2. The fourth-order valence-electron chi connectivity index (χ4n) is 4.20. The Balaban J connectivity index is 1.52. The van der Waals surface area contributed by atoms with Crippen molar-refractivity contribution in [3.63, 3.8) is 0 Å². The standard InChI is InChI=1S/C28H21ClI2N2O4S2/c1-3-36-27(35)23-15(2)32-28-33(24(23)21-5-4-10-38-21)26(34)22(39-28)13-17-11-19(30)25(20(31)12-17)37-14-16-6-8-18(29)9-7-16/h4-13,24H,3,14H2,1-2H3/b22-13-/t24-/m1/s1. The van der Waals surface area contributed by atoms with E-state index in [-0.39, 0.29) is 12.2 Å². The summed E-state index contributed by atoms with van der Waals surface area (Å²) >= 11 is 13.3. The normalized spacial score (nSPS) is 15.2. The highest BCUT2D eigenvalue weighted by atomic mass is 127. The second-order valence-corrected chi connectivity index (χ2v) is 13.3. The first-order valence-corrected chi connectivity index (χ1v) is 16.1. The van der Waals surface area contributed by atoms with Gasteiger partial charge in [0.2, 0.25) is 0 Å². The lowest BCUT2D eigenvalue weighted by Gasteiger charge is -2.23. The number of aromatic nitrogens is 1. The van der Waals surface area contributed by atoms with E-state index in [9.17, 15) is 9.59 Å². The lowest BCUT2D eigenvalue weighted by Crippen LogP contribution is -2.39. The molecular weight excluding hydrogens is 782 g/mol. The summed E-state index contributed by atoms with van der Waals surface area (Å²) in [5.74, 6) is 0.335. The van der Waals surface area contributed by atoms with E-state index in [1.54, 1.807) is 18.4 Å². The molecule has 0 bridgehead atoms. The Morgan fingerprint density at radius 2 is 1.90 bits per heavy atom. The number of halogens is 3. The Bertz CT molecular complexity index is 1740. The quantitative estimate of drug-likeness (QED) is 0.163. The van der Waals surface area contributed by atoms with Crippen molar-refractivity contribution in [3.05, 3.63) is 113 Å². The molecule has 2 aromatic heterocycles. The molecule has 4 aromatic rings. The molecule has 3 heterocycles. The first-order valence-electron chi connectivity index (χ1n) is 11.9. The minimum atomic E-state index is -0.577. The van der Waals surface area contributed by atoms with Crippen molar-refractivity contribution in [1.29, 1.82) is 0 Å². The molecule has 11 heteroatoms. The van der Waals surface area contributed by atoms with Crippen molar-refractivity contribution in [2.24, 2.45) is 4.99 Å². The average Bonchev–Trinajstić information content (AvgIpc) is 3.52. The zero-order valence-corrected chi connectivity index (χ0v) is 27.4. The number of hydrogen-bond acceptors (Lipinski definition) is 7. The van der Waals surface area contributed by atoms with E-state index in [0.717, 1.165) is 28.9 Å². The van der Waals surface area contributed by atoms with Crippen molar-refractivity contribution in [2.75, 3.05) is 6.61 Å². The van der Waals surface area contributed by atoms with E-state index in [4.69, 9.17) is 21.1 Å². The lowest BCUT2D eigenvalue weighted by molar-refractivity contribution is -0.139. The van der Waals surface area contributed by atoms with Gasteiger partial charge in [-0.05, 0) is 112 Å².